The second-order valence-electron chi connectivity index (χ2n) is 7.87. The van der Waals surface area contributed by atoms with E-state index in [1.165, 1.54) is 18.4 Å². The smallest absolute Gasteiger partial charge is 0.191 e. The average Bonchev–Trinajstić information content (AvgIpc) is 3.54. The lowest BCUT2D eigenvalue weighted by molar-refractivity contribution is 0.297. The summed E-state index contributed by atoms with van der Waals surface area (Å²) in [6.07, 6.45) is 6.43. The third-order valence-corrected chi connectivity index (χ3v) is 5.31. The van der Waals surface area contributed by atoms with Crippen LogP contribution in [0.4, 0.5) is 0 Å². The first kappa shape index (κ1) is 24.1. The monoisotopic (exact) mass is 545 g/mol. The molecular weight excluding hydrogens is 513 g/mol. The van der Waals surface area contributed by atoms with Gasteiger partial charge in [0, 0.05) is 31.0 Å². The van der Waals surface area contributed by atoms with Gasteiger partial charge in [0.25, 0.3) is 0 Å². The van der Waals surface area contributed by atoms with Crippen LogP contribution in [0.1, 0.15) is 36.7 Å². The fourth-order valence-corrected chi connectivity index (χ4v) is 3.37. The summed E-state index contributed by atoms with van der Waals surface area (Å²) >= 11 is 0. The Morgan fingerprint density at radius 2 is 1.88 bits per heavy atom. The molecule has 1 fully saturated rings. The van der Waals surface area contributed by atoms with Gasteiger partial charge in [0.15, 0.2) is 5.96 Å². The van der Waals surface area contributed by atoms with Crippen molar-refractivity contribution in [2.45, 2.75) is 39.4 Å². The number of hydrogen-bond acceptors (Lipinski definition) is 3. The minimum absolute atomic E-state index is 0. The van der Waals surface area contributed by atoms with E-state index in [2.05, 4.69) is 57.4 Å². The van der Waals surface area contributed by atoms with Crippen LogP contribution in [0.2, 0.25) is 0 Å². The second kappa shape index (κ2) is 12.5. The Morgan fingerprint density at radius 3 is 2.66 bits per heavy atom. The number of guanidine groups is 1. The molecule has 0 aliphatic heterocycles. The van der Waals surface area contributed by atoms with Gasteiger partial charge in [-0.15, -0.1) is 24.0 Å². The van der Waals surface area contributed by atoms with Crippen molar-refractivity contribution < 1.29 is 4.74 Å². The molecule has 1 saturated carbocycles. The average molecular weight is 545 g/mol. The molecule has 0 unspecified atom stereocenters. The summed E-state index contributed by atoms with van der Waals surface area (Å²) in [7, 11) is 0. The molecule has 1 aliphatic carbocycles. The number of imidazole rings is 1. The summed E-state index contributed by atoms with van der Waals surface area (Å²) in [5.41, 5.74) is 2.36. The number of ether oxygens (including phenoxy) is 1. The van der Waals surface area contributed by atoms with Gasteiger partial charge in [-0.25, -0.2) is 9.98 Å². The Hall–Kier alpha value is -2.55. The first-order valence-electron chi connectivity index (χ1n) is 11.1. The summed E-state index contributed by atoms with van der Waals surface area (Å²) in [5, 5.41) is 6.74. The van der Waals surface area contributed by atoms with Crippen LogP contribution in [0, 0.1) is 5.92 Å². The molecule has 4 rings (SSSR count). The topological polar surface area (TPSA) is 63.5 Å². The highest BCUT2D eigenvalue weighted by Crippen LogP contribution is 2.30. The summed E-state index contributed by atoms with van der Waals surface area (Å²) in [5.74, 6) is 3.42. The van der Waals surface area contributed by atoms with Crippen molar-refractivity contribution in [1.82, 2.24) is 20.2 Å². The van der Waals surface area contributed by atoms with Crippen molar-refractivity contribution in [2.24, 2.45) is 10.9 Å². The SMILES string of the molecule is CCNC(=NCc1ccccc1OCC1CC1)NCc1nccn1Cc1ccccc1.I. The number of hydrogen-bond donors (Lipinski definition) is 2. The van der Waals surface area contributed by atoms with Crippen molar-refractivity contribution in [3.63, 3.8) is 0 Å². The highest BCUT2D eigenvalue weighted by atomic mass is 127. The Kier molecular flexibility index (Phi) is 9.40. The number of nitrogens with zero attached hydrogens (tertiary/aromatic N) is 3. The van der Waals surface area contributed by atoms with E-state index in [1.54, 1.807) is 0 Å². The number of benzene rings is 2. The van der Waals surface area contributed by atoms with Crippen molar-refractivity contribution in [3.8, 4) is 5.75 Å². The predicted octanol–water partition coefficient (Wildman–Crippen LogP) is 4.59. The lowest BCUT2D eigenvalue weighted by Gasteiger charge is -2.14. The zero-order valence-electron chi connectivity index (χ0n) is 18.5. The minimum atomic E-state index is 0. The van der Waals surface area contributed by atoms with Crippen LogP contribution in [0.3, 0.4) is 0 Å². The quantitative estimate of drug-likeness (QED) is 0.222. The number of para-hydroxylation sites is 1. The molecule has 2 N–H and O–H groups in total. The molecule has 2 aromatic carbocycles. The fraction of sp³-hybridized carbons (Fsp3) is 0.360. The number of aliphatic imine (C=N–C) groups is 1. The molecule has 32 heavy (non-hydrogen) atoms. The highest BCUT2D eigenvalue weighted by molar-refractivity contribution is 14.0. The summed E-state index contributed by atoms with van der Waals surface area (Å²) < 4.78 is 8.18. The van der Waals surface area contributed by atoms with Gasteiger partial charge in [-0.2, -0.15) is 0 Å². The zero-order valence-corrected chi connectivity index (χ0v) is 20.9. The Labute approximate surface area is 207 Å². The highest BCUT2D eigenvalue weighted by Gasteiger charge is 2.22. The fourth-order valence-electron chi connectivity index (χ4n) is 3.37. The number of rotatable bonds is 10. The molecule has 0 amide bonds. The van der Waals surface area contributed by atoms with Gasteiger partial charge in [0.1, 0.15) is 11.6 Å². The van der Waals surface area contributed by atoms with Crippen LogP contribution < -0.4 is 15.4 Å². The van der Waals surface area contributed by atoms with E-state index in [9.17, 15) is 0 Å². The van der Waals surface area contributed by atoms with Crippen LogP contribution in [0.15, 0.2) is 72.0 Å². The van der Waals surface area contributed by atoms with E-state index < -0.39 is 0 Å². The van der Waals surface area contributed by atoms with E-state index in [1.807, 2.05) is 36.7 Å². The van der Waals surface area contributed by atoms with E-state index in [-0.39, 0.29) is 24.0 Å². The van der Waals surface area contributed by atoms with Crippen molar-refractivity contribution in [1.29, 1.82) is 0 Å². The molecule has 0 atom stereocenters. The molecule has 1 aliphatic rings. The zero-order chi connectivity index (χ0) is 21.3. The molecule has 0 radical (unpaired) electrons. The van der Waals surface area contributed by atoms with Crippen LogP contribution >= 0.6 is 24.0 Å². The third kappa shape index (κ3) is 7.25. The van der Waals surface area contributed by atoms with E-state index >= 15 is 0 Å². The van der Waals surface area contributed by atoms with Crippen molar-refractivity contribution in [2.75, 3.05) is 13.2 Å². The number of halogens is 1. The van der Waals surface area contributed by atoms with Crippen LogP contribution in [-0.4, -0.2) is 28.7 Å². The van der Waals surface area contributed by atoms with Crippen LogP contribution in [-0.2, 0) is 19.6 Å². The first-order valence-corrected chi connectivity index (χ1v) is 11.1. The molecule has 1 heterocycles. The van der Waals surface area contributed by atoms with E-state index in [4.69, 9.17) is 9.73 Å². The van der Waals surface area contributed by atoms with Gasteiger partial charge in [0.2, 0.25) is 0 Å². The Balaban J connectivity index is 0.00000289. The molecule has 6 nitrogen and oxygen atoms in total. The maximum atomic E-state index is 6.02. The minimum Gasteiger partial charge on any atom is -0.493 e. The molecule has 1 aromatic heterocycles. The van der Waals surface area contributed by atoms with Crippen molar-refractivity contribution >= 4 is 29.9 Å². The Bertz CT molecular complexity index is 985. The van der Waals surface area contributed by atoms with Gasteiger partial charge in [-0.3, -0.25) is 0 Å². The van der Waals surface area contributed by atoms with Gasteiger partial charge < -0.3 is 19.9 Å². The molecule has 7 heteroatoms. The maximum absolute atomic E-state index is 6.02. The Morgan fingerprint density at radius 1 is 1.09 bits per heavy atom. The number of nitrogens with one attached hydrogen (secondary N) is 2. The lowest BCUT2D eigenvalue weighted by atomic mass is 10.2. The van der Waals surface area contributed by atoms with E-state index in [0.29, 0.717) is 13.1 Å². The van der Waals surface area contributed by atoms with Gasteiger partial charge in [0.05, 0.1) is 19.7 Å². The first-order chi connectivity index (χ1) is 15.3. The molecule has 0 spiro atoms. The van der Waals surface area contributed by atoms with Crippen molar-refractivity contribution in [3.05, 3.63) is 83.9 Å². The summed E-state index contributed by atoms with van der Waals surface area (Å²) in [6.45, 7) is 5.64. The summed E-state index contributed by atoms with van der Waals surface area (Å²) in [4.78, 5) is 9.30. The molecular formula is C25H32IN5O. The summed E-state index contributed by atoms with van der Waals surface area (Å²) in [6, 6.07) is 18.6. The van der Waals surface area contributed by atoms with Gasteiger partial charge in [-0.1, -0.05) is 48.5 Å². The standard InChI is InChI=1S/C25H31N5O.HI/c1-2-26-25(28-16-22-10-6-7-11-23(22)31-19-21-12-13-21)29-17-24-27-14-15-30(24)18-20-8-4-3-5-9-20;/h3-11,14-15,21H,2,12-13,16-19H2,1H3,(H2,26,28,29);1H. The van der Waals surface area contributed by atoms with Gasteiger partial charge >= 0.3 is 0 Å². The van der Waals surface area contributed by atoms with Crippen LogP contribution in [0.5, 0.6) is 5.75 Å². The molecule has 0 bridgehead atoms. The molecule has 3 aromatic rings. The second-order valence-corrected chi connectivity index (χ2v) is 7.87. The van der Waals surface area contributed by atoms with E-state index in [0.717, 1.165) is 48.7 Å². The normalized spacial score (nSPS) is 13.3. The predicted molar refractivity (Wildman–Crippen MR) is 140 cm³/mol. The largest absolute Gasteiger partial charge is 0.493 e. The lowest BCUT2D eigenvalue weighted by Crippen LogP contribution is -2.37. The molecule has 170 valence electrons. The van der Waals surface area contributed by atoms with Gasteiger partial charge in [-0.05, 0) is 37.3 Å². The van der Waals surface area contributed by atoms with Crippen LogP contribution in [0.25, 0.3) is 0 Å². The number of aromatic nitrogens is 2. The third-order valence-electron chi connectivity index (χ3n) is 5.31. The molecule has 0 saturated heterocycles. The maximum Gasteiger partial charge on any atom is 0.191 e.